The van der Waals surface area contributed by atoms with Crippen LogP contribution in [0, 0.1) is 0 Å². The predicted molar refractivity (Wildman–Crippen MR) is 122 cm³/mol. The van der Waals surface area contributed by atoms with Crippen molar-refractivity contribution in [2.24, 2.45) is 0 Å². The van der Waals surface area contributed by atoms with Gasteiger partial charge in [-0.25, -0.2) is 4.79 Å². The molecule has 1 aromatic heterocycles. The van der Waals surface area contributed by atoms with E-state index in [1.54, 1.807) is 73.2 Å². The average Bonchev–Trinajstić information content (AvgIpc) is 3.47. The number of esters is 1. The van der Waals surface area contributed by atoms with Gasteiger partial charge in [-0.3, -0.25) is 9.59 Å². The van der Waals surface area contributed by atoms with Crippen LogP contribution in [0.15, 0.2) is 77.4 Å². The van der Waals surface area contributed by atoms with Gasteiger partial charge >= 0.3 is 5.97 Å². The second-order valence-corrected chi connectivity index (χ2v) is 8.31. The van der Waals surface area contributed by atoms with E-state index >= 15 is 0 Å². The van der Waals surface area contributed by atoms with Gasteiger partial charge in [0.1, 0.15) is 5.75 Å². The number of amides is 1. The number of methoxy groups -OCH3 is 2. The van der Waals surface area contributed by atoms with Crippen molar-refractivity contribution in [3.05, 3.63) is 98.9 Å². The number of Topliss-reactive ketones (excluding diaryl/α,β-unsaturated/α-hetero) is 1. The van der Waals surface area contributed by atoms with E-state index < -0.39 is 23.7 Å². The molecule has 0 spiro atoms. The van der Waals surface area contributed by atoms with Crippen molar-refractivity contribution in [3.63, 3.8) is 0 Å². The average molecular weight is 464 g/mol. The van der Waals surface area contributed by atoms with Gasteiger partial charge in [0, 0.05) is 6.54 Å². The van der Waals surface area contributed by atoms with E-state index in [1.165, 1.54) is 23.3 Å². The number of aliphatic hydroxyl groups excluding tert-OH is 1. The molecule has 0 aliphatic carbocycles. The Labute approximate surface area is 194 Å². The molecule has 0 saturated heterocycles. The minimum absolute atomic E-state index is 0.0406. The summed E-state index contributed by atoms with van der Waals surface area (Å²) >= 11 is 1.25. The molecular weight excluding hydrogens is 442 g/mol. The first kappa shape index (κ1) is 22.3. The van der Waals surface area contributed by atoms with Gasteiger partial charge in [-0.05, 0) is 46.8 Å². The highest BCUT2D eigenvalue weighted by atomic mass is 32.1. The van der Waals surface area contributed by atoms with Gasteiger partial charge in [-0.15, -0.1) is 11.3 Å². The van der Waals surface area contributed by atoms with Crippen molar-refractivity contribution in [3.8, 4) is 5.75 Å². The molecule has 3 aromatic rings. The van der Waals surface area contributed by atoms with Crippen molar-refractivity contribution in [1.82, 2.24) is 4.90 Å². The Bertz CT molecular complexity index is 1210. The summed E-state index contributed by atoms with van der Waals surface area (Å²) < 4.78 is 9.94. The topological polar surface area (TPSA) is 93.1 Å². The van der Waals surface area contributed by atoms with Crippen LogP contribution in [0.2, 0.25) is 0 Å². The number of hydrogen-bond donors (Lipinski definition) is 1. The Morgan fingerprint density at radius 2 is 1.73 bits per heavy atom. The van der Waals surface area contributed by atoms with E-state index in [1.807, 2.05) is 0 Å². The number of benzene rings is 2. The molecule has 0 bridgehead atoms. The third-order valence-electron chi connectivity index (χ3n) is 5.45. The zero-order valence-electron chi connectivity index (χ0n) is 18.0. The number of hydrogen-bond acceptors (Lipinski definition) is 7. The van der Waals surface area contributed by atoms with Crippen molar-refractivity contribution >= 4 is 29.0 Å². The Hall–Kier alpha value is -3.91. The Morgan fingerprint density at radius 3 is 2.30 bits per heavy atom. The summed E-state index contributed by atoms with van der Waals surface area (Å²) in [4.78, 5) is 39.9. The van der Waals surface area contributed by atoms with Crippen molar-refractivity contribution < 1.29 is 29.0 Å². The third kappa shape index (κ3) is 4.25. The van der Waals surface area contributed by atoms with E-state index in [0.29, 0.717) is 21.8 Å². The second-order valence-electron chi connectivity index (χ2n) is 7.37. The van der Waals surface area contributed by atoms with E-state index in [0.717, 1.165) is 5.56 Å². The molecule has 1 aliphatic heterocycles. The molecule has 1 amide bonds. The highest BCUT2D eigenvalue weighted by Gasteiger charge is 2.44. The number of nitrogens with zero attached hydrogens (tertiary/aromatic N) is 1. The van der Waals surface area contributed by atoms with Crippen molar-refractivity contribution in [2.45, 2.75) is 12.6 Å². The molecule has 33 heavy (non-hydrogen) atoms. The molecule has 1 N–H and O–H groups in total. The molecule has 0 saturated carbocycles. The Morgan fingerprint density at radius 1 is 1.03 bits per heavy atom. The van der Waals surface area contributed by atoms with Crippen LogP contribution in [-0.2, 0) is 16.1 Å². The van der Waals surface area contributed by atoms with Gasteiger partial charge in [0.15, 0.2) is 5.76 Å². The van der Waals surface area contributed by atoms with Crippen LogP contribution in [0.5, 0.6) is 5.75 Å². The van der Waals surface area contributed by atoms with Gasteiger partial charge in [0.25, 0.3) is 5.91 Å². The number of ketones is 1. The second kappa shape index (κ2) is 9.30. The number of rotatable bonds is 7. The minimum atomic E-state index is -0.779. The first-order chi connectivity index (χ1) is 15.9. The number of carbonyl (C=O) groups is 3. The fourth-order valence-electron chi connectivity index (χ4n) is 3.78. The van der Waals surface area contributed by atoms with E-state index in [-0.39, 0.29) is 17.9 Å². The lowest BCUT2D eigenvalue weighted by Crippen LogP contribution is -2.30. The van der Waals surface area contributed by atoms with Crippen LogP contribution in [0.4, 0.5) is 0 Å². The molecule has 7 nitrogen and oxygen atoms in total. The van der Waals surface area contributed by atoms with Crippen molar-refractivity contribution in [1.29, 1.82) is 0 Å². The molecule has 2 aromatic carbocycles. The molecule has 168 valence electrons. The molecule has 4 rings (SSSR count). The number of carbonyl (C=O) groups excluding carboxylic acids is 3. The number of aliphatic hydroxyl groups is 1. The lowest BCUT2D eigenvalue weighted by atomic mass is 9.95. The van der Waals surface area contributed by atoms with Gasteiger partial charge in [-0.2, -0.15) is 0 Å². The van der Waals surface area contributed by atoms with Gasteiger partial charge in [0.05, 0.1) is 36.3 Å². The summed E-state index contributed by atoms with van der Waals surface area (Å²) in [5.74, 6) is -1.40. The molecule has 1 atom stereocenters. The van der Waals surface area contributed by atoms with Crippen LogP contribution >= 0.6 is 11.3 Å². The Kier molecular flexibility index (Phi) is 6.28. The molecule has 1 unspecified atom stereocenters. The monoisotopic (exact) mass is 463 g/mol. The van der Waals surface area contributed by atoms with E-state index in [9.17, 15) is 19.5 Å². The largest absolute Gasteiger partial charge is 0.503 e. The standard InChI is InChI=1S/C25H21NO6S/c1-31-18-11-9-16(10-12-18)21-20(22(27)19-4-3-13-33-19)23(28)24(29)26(21)14-15-5-7-17(8-6-15)25(30)32-2/h3-13,21,28H,14H2,1-2H3. The van der Waals surface area contributed by atoms with Gasteiger partial charge in [-0.1, -0.05) is 30.3 Å². The normalized spacial score (nSPS) is 15.6. The summed E-state index contributed by atoms with van der Waals surface area (Å²) in [6, 6.07) is 16.3. The predicted octanol–water partition coefficient (Wildman–Crippen LogP) is 4.32. The first-order valence-electron chi connectivity index (χ1n) is 10.1. The van der Waals surface area contributed by atoms with E-state index in [4.69, 9.17) is 9.47 Å². The van der Waals surface area contributed by atoms with Crippen molar-refractivity contribution in [2.75, 3.05) is 14.2 Å². The zero-order chi connectivity index (χ0) is 23.5. The maximum atomic E-state index is 13.3. The van der Waals surface area contributed by atoms with Gasteiger partial charge < -0.3 is 19.5 Å². The number of ether oxygens (including phenoxy) is 2. The minimum Gasteiger partial charge on any atom is -0.503 e. The summed E-state index contributed by atoms with van der Waals surface area (Å²) in [5, 5.41) is 12.5. The molecular formula is C25H21NO6S. The fourth-order valence-corrected chi connectivity index (χ4v) is 4.46. The summed E-state index contributed by atoms with van der Waals surface area (Å²) in [6.45, 7) is 0.127. The highest BCUT2D eigenvalue weighted by Crippen LogP contribution is 2.40. The Balaban J connectivity index is 1.72. The molecule has 1 aliphatic rings. The van der Waals surface area contributed by atoms with Crippen LogP contribution < -0.4 is 4.74 Å². The first-order valence-corrected chi connectivity index (χ1v) is 11.0. The fraction of sp³-hybridized carbons (Fsp3) is 0.160. The van der Waals surface area contributed by atoms with Crippen LogP contribution in [0.3, 0.4) is 0 Å². The van der Waals surface area contributed by atoms with Crippen LogP contribution in [-0.4, -0.2) is 41.9 Å². The summed E-state index contributed by atoms with van der Waals surface area (Å²) in [7, 11) is 2.86. The molecule has 0 fully saturated rings. The van der Waals surface area contributed by atoms with E-state index in [2.05, 4.69) is 0 Å². The summed E-state index contributed by atoms with van der Waals surface area (Å²) in [6.07, 6.45) is 0. The summed E-state index contributed by atoms with van der Waals surface area (Å²) in [5.41, 5.74) is 1.82. The third-order valence-corrected chi connectivity index (χ3v) is 6.32. The molecule has 2 heterocycles. The van der Waals surface area contributed by atoms with Gasteiger partial charge in [0.2, 0.25) is 5.78 Å². The maximum absolute atomic E-state index is 13.3. The van der Waals surface area contributed by atoms with Crippen LogP contribution in [0.25, 0.3) is 0 Å². The smallest absolute Gasteiger partial charge is 0.337 e. The highest BCUT2D eigenvalue weighted by molar-refractivity contribution is 7.12. The zero-order valence-corrected chi connectivity index (χ0v) is 18.8. The lowest BCUT2D eigenvalue weighted by molar-refractivity contribution is -0.130. The molecule has 0 radical (unpaired) electrons. The maximum Gasteiger partial charge on any atom is 0.337 e. The van der Waals surface area contributed by atoms with Crippen LogP contribution in [0.1, 0.15) is 37.2 Å². The SMILES string of the molecule is COC(=O)c1ccc(CN2C(=O)C(O)=C(C(=O)c3cccs3)C2c2ccc(OC)cc2)cc1. The quantitative estimate of drug-likeness (QED) is 0.414. The number of thiophene rings is 1. The molecule has 8 heteroatoms. The lowest BCUT2D eigenvalue weighted by Gasteiger charge is -2.27.